The zero-order valence-corrected chi connectivity index (χ0v) is 23.2. The lowest BCUT2D eigenvalue weighted by Crippen LogP contribution is -2.50. The van der Waals surface area contributed by atoms with Crippen LogP contribution in [0.1, 0.15) is 61.9 Å². The topological polar surface area (TPSA) is 100 Å². The first-order valence-electron chi connectivity index (χ1n) is 12.8. The van der Waals surface area contributed by atoms with E-state index >= 15 is 0 Å². The number of amides is 1. The van der Waals surface area contributed by atoms with Gasteiger partial charge in [-0.15, -0.1) is 11.3 Å². The van der Waals surface area contributed by atoms with Crippen LogP contribution in [0.15, 0.2) is 34.0 Å². The van der Waals surface area contributed by atoms with Gasteiger partial charge in [0, 0.05) is 37.7 Å². The summed E-state index contributed by atoms with van der Waals surface area (Å²) in [7, 11) is -2.15. The Morgan fingerprint density at radius 1 is 1.35 bits per heavy atom. The maximum atomic E-state index is 13.6. The number of likely N-dealkylation sites (N-methyl/N-ethyl adjacent to an activating group) is 1. The Morgan fingerprint density at radius 3 is 2.78 bits per heavy atom. The number of aliphatic hydroxyl groups is 1. The minimum absolute atomic E-state index is 0.0843. The molecule has 0 aromatic carbocycles. The highest BCUT2D eigenvalue weighted by Crippen LogP contribution is 2.29. The minimum Gasteiger partial charge on any atom is -0.472 e. The lowest BCUT2D eigenvalue weighted by molar-refractivity contribution is 0.0373. The quantitative estimate of drug-likeness (QED) is 0.534. The third kappa shape index (κ3) is 6.34. The summed E-state index contributed by atoms with van der Waals surface area (Å²) in [5, 5.41) is 11.6. The number of thiophene rings is 1. The van der Waals surface area contributed by atoms with Crippen molar-refractivity contribution in [3.05, 3.63) is 40.9 Å². The smallest absolute Gasteiger partial charge is 0.259 e. The van der Waals surface area contributed by atoms with Crippen LogP contribution in [0.25, 0.3) is 0 Å². The number of fused-ring (bicyclic) bond motifs is 1. The number of hydrogen-bond acceptors (Lipinski definition) is 7. The lowest BCUT2D eigenvalue weighted by Gasteiger charge is -2.37. The molecule has 3 heterocycles. The first kappa shape index (κ1) is 27.6. The first-order chi connectivity index (χ1) is 17.7. The van der Waals surface area contributed by atoms with Gasteiger partial charge in [-0.2, -0.15) is 4.31 Å². The fourth-order valence-electron chi connectivity index (χ4n) is 4.82. The summed E-state index contributed by atoms with van der Waals surface area (Å²) in [5.41, 5.74) is 0.904. The molecule has 1 aliphatic heterocycles. The zero-order valence-electron chi connectivity index (χ0n) is 21.6. The Labute approximate surface area is 223 Å². The molecular formula is C27H35N3O5S2. The molecule has 37 heavy (non-hydrogen) atoms. The molecule has 1 aliphatic carbocycles. The van der Waals surface area contributed by atoms with Gasteiger partial charge in [-0.1, -0.05) is 37.7 Å². The molecule has 0 radical (unpaired) electrons. The molecule has 0 bridgehead atoms. The van der Waals surface area contributed by atoms with Gasteiger partial charge >= 0.3 is 0 Å². The number of aromatic nitrogens is 1. The fraction of sp³-hybridized carbons (Fsp3) is 0.556. The van der Waals surface area contributed by atoms with Gasteiger partial charge < -0.3 is 14.7 Å². The van der Waals surface area contributed by atoms with E-state index in [2.05, 4.69) is 16.8 Å². The Bertz CT molecular complexity index is 1250. The van der Waals surface area contributed by atoms with Crippen molar-refractivity contribution < 1.29 is 23.1 Å². The molecule has 0 spiro atoms. The molecule has 1 N–H and O–H groups in total. The van der Waals surface area contributed by atoms with E-state index in [1.165, 1.54) is 37.0 Å². The van der Waals surface area contributed by atoms with Gasteiger partial charge in [0.15, 0.2) is 0 Å². The number of carbonyl (C=O) groups is 1. The van der Waals surface area contributed by atoms with Crippen molar-refractivity contribution in [2.45, 2.75) is 62.3 Å². The molecular weight excluding hydrogens is 510 g/mol. The number of nitrogens with zero attached hydrogens (tertiary/aromatic N) is 3. The van der Waals surface area contributed by atoms with E-state index in [0.717, 1.165) is 17.8 Å². The van der Waals surface area contributed by atoms with E-state index in [9.17, 15) is 18.3 Å². The van der Waals surface area contributed by atoms with Gasteiger partial charge in [0.1, 0.15) is 15.9 Å². The van der Waals surface area contributed by atoms with Crippen LogP contribution in [-0.2, 0) is 10.0 Å². The number of hydrogen-bond donors (Lipinski definition) is 1. The highest BCUT2D eigenvalue weighted by atomic mass is 32.2. The molecule has 3 atom stereocenters. The second kappa shape index (κ2) is 11.9. The summed E-state index contributed by atoms with van der Waals surface area (Å²) in [5.74, 6) is 6.68. The number of rotatable bonds is 7. The van der Waals surface area contributed by atoms with Gasteiger partial charge in [0.2, 0.25) is 5.88 Å². The summed E-state index contributed by atoms with van der Waals surface area (Å²) < 4.78 is 33.9. The first-order valence-corrected chi connectivity index (χ1v) is 15.1. The van der Waals surface area contributed by atoms with Crippen molar-refractivity contribution in [1.82, 2.24) is 14.2 Å². The second-order valence-electron chi connectivity index (χ2n) is 10.1. The molecule has 2 aromatic heterocycles. The van der Waals surface area contributed by atoms with Gasteiger partial charge in [0.05, 0.1) is 19.2 Å². The number of sulfonamides is 1. The zero-order chi connectivity index (χ0) is 26.6. The van der Waals surface area contributed by atoms with Gasteiger partial charge in [-0.25, -0.2) is 13.4 Å². The van der Waals surface area contributed by atoms with Crippen molar-refractivity contribution in [2.24, 2.45) is 11.8 Å². The Morgan fingerprint density at radius 2 is 2.11 bits per heavy atom. The molecule has 8 nitrogen and oxygen atoms in total. The van der Waals surface area contributed by atoms with Crippen LogP contribution in [0, 0.1) is 23.7 Å². The molecule has 4 rings (SSSR count). The molecule has 1 saturated carbocycles. The van der Waals surface area contributed by atoms with Crippen molar-refractivity contribution in [1.29, 1.82) is 0 Å². The van der Waals surface area contributed by atoms with Crippen molar-refractivity contribution in [3.63, 3.8) is 0 Å². The Hall–Kier alpha value is -2.45. The second-order valence-corrected chi connectivity index (χ2v) is 13.3. The van der Waals surface area contributed by atoms with Crippen molar-refractivity contribution >= 4 is 27.3 Å². The van der Waals surface area contributed by atoms with Crippen LogP contribution in [-0.4, -0.2) is 72.5 Å². The van der Waals surface area contributed by atoms with E-state index in [-0.39, 0.29) is 40.6 Å². The summed E-state index contributed by atoms with van der Waals surface area (Å²) in [6.07, 6.45) is 6.83. The molecule has 200 valence electrons. The summed E-state index contributed by atoms with van der Waals surface area (Å²) in [6.45, 7) is 3.89. The maximum absolute atomic E-state index is 13.6. The van der Waals surface area contributed by atoms with Crippen molar-refractivity contribution in [3.8, 4) is 17.7 Å². The van der Waals surface area contributed by atoms with E-state index in [1.54, 1.807) is 41.6 Å². The van der Waals surface area contributed by atoms with Gasteiger partial charge in [-0.05, 0) is 43.2 Å². The minimum atomic E-state index is -3.67. The molecule has 1 amide bonds. The summed E-state index contributed by atoms with van der Waals surface area (Å²) in [6, 6.07) is 4.55. The number of aliphatic hydroxyl groups excluding tert-OH is 1. The Kier molecular flexibility index (Phi) is 8.90. The third-order valence-corrected chi connectivity index (χ3v) is 10.4. The number of ether oxygens (including phenoxy) is 1. The van der Waals surface area contributed by atoms with Crippen LogP contribution in [0.5, 0.6) is 5.88 Å². The average Bonchev–Trinajstić information content (AvgIpc) is 3.61. The monoisotopic (exact) mass is 545 g/mol. The average molecular weight is 546 g/mol. The lowest BCUT2D eigenvalue weighted by atomic mass is 10.00. The normalized spacial score (nSPS) is 21.5. The maximum Gasteiger partial charge on any atom is 0.259 e. The number of carbonyl (C=O) groups excluding carboxylic acids is 1. The summed E-state index contributed by atoms with van der Waals surface area (Å²) in [4.78, 5) is 19.6. The molecule has 2 aliphatic rings. The van der Waals surface area contributed by atoms with Crippen LogP contribution in [0.2, 0.25) is 0 Å². The SMILES string of the molecule is C[C@@H]1CN([C@H](C)CO)C(=O)c2cc(C#CCC3CCCC3)cnc2O[C@H]1CN(C)S(=O)(=O)c1cccs1. The fourth-order valence-corrected chi connectivity index (χ4v) is 7.20. The predicted octanol–water partition coefficient (Wildman–Crippen LogP) is 3.62. The van der Waals surface area contributed by atoms with E-state index < -0.39 is 22.2 Å². The summed E-state index contributed by atoms with van der Waals surface area (Å²) >= 11 is 1.16. The molecule has 0 saturated heterocycles. The highest BCUT2D eigenvalue weighted by molar-refractivity contribution is 7.91. The largest absolute Gasteiger partial charge is 0.472 e. The van der Waals surface area contributed by atoms with E-state index in [4.69, 9.17) is 4.74 Å². The van der Waals surface area contributed by atoms with Crippen LogP contribution in [0.4, 0.5) is 0 Å². The van der Waals surface area contributed by atoms with Crippen LogP contribution < -0.4 is 4.74 Å². The van der Waals surface area contributed by atoms with E-state index in [1.807, 2.05) is 6.92 Å². The molecule has 1 fully saturated rings. The van der Waals surface area contributed by atoms with Crippen molar-refractivity contribution in [2.75, 3.05) is 26.7 Å². The third-order valence-electron chi connectivity index (χ3n) is 7.22. The molecule has 10 heteroatoms. The number of pyridine rings is 1. The molecule has 2 aromatic rings. The molecule has 0 unspecified atom stereocenters. The standard InChI is InChI=1S/C27H35N3O5S2/c1-19-16-30(20(2)18-31)27(32)23-14-22(11-6-10-21-8-4-5-9-21)15-28-26(23)35-24(19)17-29(3)37(33,34)25-12-7-13-36-25/h7,12-15,19-21,24,31H,4-5,8-10,16-18H2,1-3H3/t19-,20-,24+/m1/s1. The van der Waals surface area contributed by atoms with Gasteiger partial charge in [-0.3, -0.25) is 4.79 Å². The Balaban J connectivity index is 1.62. The van der Waals surface area contributed by atoms with Gasteiger partial charge in [0.25, 0.3) is 15.9 Å². The van der Waals surface area contributed by atoms with Crippen LogP contribution in [0.3, 0.4) is 0 Å². The van der Waals surface area contributed by atoms with Crippen LogP contribution >= 0.6 is 11.3 Å². The highest BCUT2D eigenvalue weighted by Gasteiger charge is 2.36. The van der Waals surface area contributed by atoms with E-state index in [0.29, 0.717) is 18.0 Å². The predicted molar refractivity (Wildman–Crippen MR) is 143 cm³/mol.